The molecule has 1 amide bonds. The fourth-order valence-electron chi connectivity index (χ4n) is 3.59. The van der Waals surface area contributed by atoms with E-state index in [4.69, 9.17) is 4.74 Å². The van der Waals surface area contributed by atoms with E-state index in [-0.39, 0.29) is 12.2 Å². The highest BCUT2D eigenvalue weighted by Gasteiger charge is 2.37. The summed E-state index contributed by atoms with van der Waals surface area (Å²) in [6.07, 6.45) is 3.26. The van der Waals surface area contributed by atoms with Crippen molar-refractivity contribution in [3.63, 3.8) is 0 Å². The van der Waals surface area contributed by atoms with Crippen LogP contribution in [0, 0.1) is 0 Å². The Kier molecular flexibility index (Phi) is 4.93. The Morgan fingerprint density at radius 1 is 1.04 bits per heavy atom. The van der Waals surface area contributed by atoms with Gasteiger partial charge in [-0.15, -0.1) is 0 Å². The average molecular weight is 350 g/mol. The fraction of sp³-hybridized carbons (Fsp3) is 0.409. The molecule has 4 nitrogen and oxygen atoms in total. The van der Waals surface area contributed by atoms with E-state index in [0.717, 1.165) is 25.2 Å². The topological polar surface area (TPSA) is 32.8 Å². The number of nitrogens with zero attached hydrogens (tertiary/aromatic N) is 2. The van der Waals surface area contributed by atoms with Crippen LogP contribution < -0.4 is 4.90 Å². The van der Waals surface area contributed by atoms with Gasteiger partial charge >= 0.3 is 6.09 Å². The number of anilines is 1. The normalized spacial score (nSPS) is 19.8. The molecule has 0 spiro atoms. The Labute approximate surface area is 155 Å². The molecule has 4 rings (SSSR count). The summed E-state index contributed by atoms with van der Waals surface area (Å²) in [5.74, 6) is 0. The third-order valence-electron chi connectivity index (χ3n) is 5.26. The summed E-state index contributed by atoms with van der Waals surface area (Å²) < 4.78 is 5.66. The first-order chi connectivity index (χ1) is 12.7. The van der Waals surface area contributed by atoms with E-state index in [9.17, 15) is 4.79 Å². The Balaban J connectivity index is 1.40. The van der Waals surface area contributed by atoms with Crippen LogP contribution in [0.3, 0.4) is 0 Å². The highest BCUT2D eigenvalue weighted by Crippen LogP contribution is 2.30. The first-order valence-corrected chi connectivity index (χ1v) is 9.58. The molecule has 2 aliphatic rings. The van der Waals surface area contributed by atoms with Gasteiger partial charge in [0, 0.05) is 24.8 Å². The van der Waals surface area contributed by atoms with E-state index in [1.54, 1.807) is 4.90 Å². The number of cyclic esters (lactones) is 1. The van der Waals surface area contributed by atoms with Gasteiger partial charge in [-0.25, -0.2) is 4.79 Å². The molecule has 1 atom stereocenters. The van der Waals surface area contributed by atoms with Gasteiger partial charge < -0.3 is 4.74 Å². The van der Waals surface area contributed by atoms with Crippen molar-refractivity contribution in [3.8, 4) is 0 Å². The first-order valence-electron chi connectivity index (χ1n) is 9.58. The maximum absolute atomic E-state index is 12.3. The fourth-order valence-corrected chi connectivity index (χ4v) is 3.59. The number of aryl methyl sites for hydroxylation is 1. The number of amides is 1. The Morgan fingerprint density at radius 2 is 1.73 bits per heavy atom. The predicted molar refractivity (Wildman–Crippen MR) is 103 cm³/mol. The minimum atomic E-state index is -0.232. The smallest absolute Gasteiger partial charge is 0.414 e. The van der Waals surface area contributed by atoms with E-state index in [0.29, 0.717) is 12.6 Å². The van der Waals surface area contributed by atoms with Gasteiger partial charge in [0.15, 0.2) is 0 Å². The van der Waals surface area contributed by atoms with Gasteiger partial charge in [0.25, 0.3) is 0 Å². The van der Waals surface area contributed by atoms with E-state index >= 15 is 0 Å². The lowest BCUT2D eigenvalue weighted by molar-refractivity contribution is 0.103. The Morgan fingerprint density at radius 3 is 2.38 bits per heavy atom. The second kappa shape index (κ2) is 7.50. The van der Waals surface area contributed by atoms with E-state index in [1.807, 2.05) is 30.3 Å². The molecule has 26 heavy (non-hydrogen) atoms. The number of carbonyl (C=O) groups is 1. The van der Waals surface area contributed by atoms with Crippen molar-refractivity contribution in [2.75, 3.05) is 18.0 Å². The van der Waals surface area contributed by atoms with Crippen molar-refractivity contribution in [2.45, 2.75) is 44.9 Å². The highest BCUT2D eigenvalue weighted by molar-refractivity contribution is 5.89. The predicted octanol–water partition coefficient (Wildman–Crippen LogP) is 4.24. The van der Waals surface area contributed by atoms with Crippen LogP contribution in [0.25, 0.3) is 0 Å². The monoisotopic (exact) mass is 350 g/mol. The third-order valence-corrected chi connectivity index (χ3v) is 5.26. The molecular formula is C22H26N2O2. The van der Waals surface area contributed by atoms with Crippen LogP contribution in [0.15, 0.2) is 54.6 Å². The van der Waals surface area contributed by atoms with Crippen molar-refractivity contribution in [3.05, 3.63) is 65.7 Å². The highest BCUT2D eigenvalue weighted by atomic mass is 16.6. The van der Waals surface area contributed by atoms with Crippen LogP contribution in [0.1, 0.15) is 30.9 Å². The molecule has 0 bridgehead atoms. The van der Waals surface area contributed by atoms with Gasteiger partial charge in [0.05, 0.1) is 6.54 Å². The van der Waals surface area contributed by atoms with Gasteiger partial charge in [-0.05, 0) is 42.5 Å². The Hall–Kier alpha value is -2.33. The lowest BCUT2D eigenvalue weighted by Gasteiger charge is -2.24. The van der Waals surface area contributed by atoms with E-state index in [2.05, 4.69) is 36.1 Å². The third kappa shape index (κ3) is 3.91. The molecule has 0 aromatic heterocycles. The zero-order valence-corrected chi connectivity index (χ0v) is 15.3. The molecule has 1 aliphatic heterocycles. The van der Waals surface area contributed by atoms with Crippen molar-refractivity contribution in [1.29, 1.82) is 0 Å². The SMILES string of the molecule is CCc1ccc(CN(CC2CN(c3ccccc3)C(=O)O2)C2CC2)cc1. The van der Waals surface area contributed by atoms with Crippen LogP contribution in [-0.4, -0.2) is 36.2 Å². The van der Waals surface area contributed by atoms with E-state index < -0.39 is 0 Å². The molecule has 0 radical (unpaired) electrons. The van der Waals surface area contributed by atoms with Gasteiger partial charge in [0.1, 0.15) is 6.10 Å². The first kappa shape index (κ1) is 17.1. The zero-order valence-electron chi connectivity index (χ0n) is 15.3. The average Bonchev–Trinajstić information content (AvgIpc) is 3.46. The molecule has 1 aliphatic carbocycles. The van der Waals surface area contributed by atoms with Crippen molar-refractivity contribution < 1.29 is 9.53 Å². The minimum Gasteiger partial charge on any atom is -0.443 e. The molecule has 2 aromatic carbocycles. The number of para-hydroxylation sites is 1. The quantitative estimate of drug-likeness (QED) is 0.749. The molecule has 2 fully saturated rings. The molecule has 1 heterocycles. The van der Waals surface area contributed by atoms with Crippen LogP contribution in [0.5, 0.6) is 0 Å². The second-order valence-electron chi connectivity index (χ2n) is 7.28. The molecular weight excluding hydrogens is 324 g/mol. The van der Waals surface area contributed by atoms with Crippen molar-refractivity contribution in [2.24, 2.45) is 0 Å². The van der Waals surface area contributed by atoms with E-state index in [1.165, 1.54) is 24.0 Å². The number of ether oxygens (including phenoxy) is 1. The van der Waals surface area contributed by atoms with Gasteiger partial charge in [-0.2, -0.15) is 0 Å². The Bertz CT molecular complexity index is 740. The van der Waals surface area contributed by atoms with Gasteiger partial charge in [-0.1, -0.05) is 49.4 Å². The van der Waals surface area contributed by atoms with Gasteiger partial charge in [0.2, 0.25) is 0 Å². The number of carbonyl (C=O) groups excluding carboxylic acids is 1. The number of benzene rings is 2. The van der Waals surface area contributed by atoms with Crippen LogP contribution >= 0.6 is 0 Å². The lowest BCUT2D eigenvalue weighted by atomic mass is 10.1. The summed E-state index contributed by atoms with van der Waals surface area (Å²) in [5.41, 5.74) is 3.61. The second-order valence-corrected chi connectivity index (χ2v) is 7.28. The largest absolute Gasteiger partial charge is 0.443 e. The number of hydrogen-bond acceptors (Lipinski definition) is 3. The summed E-state index contributed by atoms with van der Waals surface area (Å²) in [6.45, 7) is 4.53. The molecule has 1 unspecified atom stereocenters. The lowest BCUT2D eigenvalue weighted by Crippen LogP contribution is -2.36. The number of rotatable bonds is 7. The number of hydrogen-bond donors (Lipinski definition) is 0. The van der Waals surface area contributed by atoms with Crippen molar-refractivity contribution in [1.82, 2.24) is 4.90 Å². The summed E-state index contributed by atoms with van der Waals surface area (Å²) in [6, 6.07) is 19.3. The molecule has 4 heteroatoms. The standard InChI is InChI=1S/C22H26N2O2/c1-2-17-8-10-18(11-9-17)14-23(19-12-13-19)15-21-16-24(22(25)26-21)20-6-4-3-5-7-20/h3-11,19,21H,2,12-16H2,1H3. The molecule has 2 aromatic rings. The van der Waals surface area contributed by atoms with Crippen molar-refractivity contribution >= 4 is 11.8 Å². The minimum absolute atomic E-state index is 0.0711. The molecule has 1 saturated carbocycles. The molecule has 0 N–H and O–H groups in total. The molecule has 136 valence electrons. The summed E-state index contributed by atoms with van der Waals surface area (Å²) in [4.78, 5) is 16.5. The van der Waals surface area contributed by atoms with Gasteiger partial charge in [-0.3, -0.25) is 9.80 Å². The summed E-state index contributed by atoms with van der Waals surface area (Å²) >= 11 is 0. The molecule has 1 saturated heterocycles. The summed E-state index contributed by atoms with van der Waals surface area (Å²) in [5, 5.41) is 0. The maximum Gasteiger partial charge on any atom is 0.414 e. The van der Waals surface area contributed by atoms with Crippen LogP contribution in [-0.2, 0) is 17.7 Å². The zero-order chi connectivity index (χ0) is 17.9. The van der Waals surface area contributed by atoms with Crippen LogP contribution in [0.2, 0.25) is 0 Å². The maximum atomic E-state index is 12.3. The summed E-state index contributed by atoms with van der Waals surface area (Å²) in [7, 11) is 0. The van der Waals surface area contributed by atoms with Crippen LogP contribution in [0.4, 0.5) is 10.5 Å².